The summed E-state index contributed by atoms with van der Waals surface area (Å²) in [5, 5.41) is 7.89. The SMILES string of the molecule is Cc1noc(C)c1CN1CCCN(C(=S)Nc2ccc(F)c(Cl)c2)CC1. The molecule has 0 bridgehead atoms. The first kappa shape index (κ1) is 19.1. The van der Waals surface area contributed by atoms with Gasteiger partial charge >= 0.3 is 0 Å². The number of aromatic nitrogens is 1. The van der Waals surface area contributed by atoms with Crippen molar-refractivity contribution in [3.63, 3.8) is 0 Å². The number of nitrogens with zero attached hydrogens (tertiary/aromatic N) is 3. The molecule has 1 aromatic carbocycles. The Morgan fingerprint density at radius 1 is 1.31 bits per heavy atom. The highest BCUT2D eigenvalue weighted by molar-refractivity contribution is 7.80. The van der Waals surface area contributed by atoms with Gasteiger partial charge in [0.15, 0.2) is 5.11 Å². The number of aryl methyl sites for hydroxylation is 2. The summed E-state index contributed by atoms with van der Waals surface area (Å²) in [4.78, 5) is 4.53. The van der Waals surface area contributed by atoms with Crippen LogP contribution in [0.4, 0.5) is 10.1 Å². The van der Waals surface area contributed by atoms with Crippen LogP contribution in [0.5, 0.6) is 0 Å². The summed E-state index contributed by atoms with van der Waals surface area (Å²) in [6.07, 6.45) is 1.01. The Bertz CT molecular complexity index is 778. The van der Waals surface area contributed by atoms with Crippen LogP contribution >= 0.6 is 23.8 Å². The number of thiocarbonyl (C=S) groups is 1. The fourth-order valence-electron chi connectivity index (χ4n) is 3.06. The van der Waals surface area contributed by atoms with E-state index in [-0.39, 0.29) is 5.02 Å². The highest BCUT2D eigenvalue weighted by Gasteiger charge is 2.19. The van der Waals surface area contributed by atoms with Crippen molar-refractivity contribution in [1.29, 1.82) is 0 Å². The lowest BCUT2D eigenvalue weighted by Crippen LogP contribution is -2.37. The maximum Gasteiger partial charge on any atom is 0.173 e. The third kappa shape index (κ3) is 4.52. The first-order chi connectivity index (χ1) is 12.4. The minimum atomic E-state index is -0.437. The molecule has 1 aliphatic rings. The second kappa shape index (κ2) is 8.33. The van der Waals surface area contributed by atoms with Crippen LogP contribution in [0, 0.1) is 19.7 Å². The molecule has 0 atom stereocenters. The van der Waals surface area contributed by atoms with Gasteiger partial charge in [0.2, 0.25) is 0 Å². The van der Waals surface area contributed by atoms with E-state index in [0.717, 1.165) is 50.6 Å². The summed E-state index contributed by atoms with van der Waals surface area (Å²) >= 11 is 11.4. The molecule has 3 rings (SSSR count). The van der Waals surface area contributed by atoms with E-state index >= 15 is 0 Å². The lowest BCUT2D eigenvalue weighted by atomic mass is 10.2. The molecule has 0 radical (unpaired) electrons. The summed E-state index contributed by atoms with van der Waals surface area (Å²) in [6, 6.07) is 4.51. The molecule has 2 aromatic rings. The van der Waals surface area contributed by atoms with Gasteiger partial charge in [0, 0.05) is 44.0 Å². The van der Waals surface area contributed by atoms with Crippen molar-refractivity contribution in [2.45, 2.75) is 26.8 Å². The number of halogens is 2. The smallest absolute Gasteiger partial charge is 0.173 e. The van der Waals surface area contributed by atoms with Crippen LogP contribution in [0.3, 0.4) is 0 Å². The molecule has 1 aromatic heterocycles. The highest BCUT2D eigenvalue weighted by Crippen LogP contribution is 2.20. The van der Waals surface area contributed by atoms with Gasteiger partial charge in [0.25, 0.3) is 0 Å². The van der Waals surface area contributed by atoms with Crippen molar-refractivity contribution in [1.82, 2.24) is 15.0 Å². The van der Waals surface area contributed by atoms with Crippen LogP contribution in [-0.2, 0) is 6.54 Å². The van der Waals surface area contributed by atoms with Gasteiger partial charge in [0.1, 0.15) is 11.6 Å². The van der Waals surface area contributed by atoms with E-state index < -0.39 is 5.82 Å². The monoisotopic (exact) mass is 396 g/mol. The standard InChI is InChI=1S/C18H22ClFN4OS/c1-12-15(13(2)25-22-12)11-23-6-3-7-24(9-8-23)18(26)21-14-4-5-17(20)16(19)10-14/h4-5,10H,3,6-9,11H2,1-2H3,(H,21,26). The van der Waals surface area contributed by atoms with Crippen LogP contribution in [0.2, 0.25) is 5.02 Å². The highest BCUT2D eigenvalue weighted by atomic mass is 35.5. The quantitative estimate of drug-likeness (QED) is 0.791. The molecule has 0 unspecified atom stereocenters. The third-order valence-corrected chi connectivity index (χ3v) is 5.26. The Morgan fingerprint density at radius 3 is 2.81 bits per heavy atom. The molecule has 1 fully saturated rings. The predicted molar refractivity (Wildman–Crippen MR) is 105 cm³/mol. The van der Waals surface area contributed by atoms with Crippen molar-refractivity contribution in [3.05, 3.63) is 46.1 Å². The van der Waals surface area contributed by atoms with E-state index in [0.29, 0.717) is 10.8 Å². The van der Waals surface area contributed by atoms with Crippen molar-refractivity contribution in [2.75, 3.05) is 31.5 Å². The van der Waals surface area contributed by atoms with Crippen LogP contribution in [-0.4, -0.2) is 46.2 Å². The molecule has 0 spiro atoms. The maximum absolute atomic E-state index is 13.3. The summed E-state index contributed by atoms with van der Waals surface area (Å²) in [6.45, 7) is 8.35. The molecule has 2 heterocycles. The Balaban J connectivity index is 1.57. The zero-order valence-corrected chi connectivity index (χ0v) is 16.5. The molecule has 1 N–H and O–H groups in total. The topological polar surface area (TPSA) is 44.5 Å². The fraction of sp³-hybridized carbons (Fsp3) is 0.444. The zero-order chi connectivity index (χ0) is 18.7. The number of hydrogen-bond donors (Lipinski definition) is 1. The zero-order valence-electron chi connectivity index (χ0n) is 14.9. The molecule has 1 saturated heterocycles. The van der Waals surface area contributed by atoms with Crippen LogP contribution < -0.4 is 5.32 Å². The minimum Gasteiger partial charge on any atom is -0.361 e. The van der Waals surface area contributed by atoms with Crippen molar-refractivity contribution in [3.8, 4) is 0 Å². The van der Waals surface area contributed by atoms with Crippen LogP contribution in [0.1, 0.15) is 23.4 Å². The van der Waals surface area contributed by atoms with Crippen molar-refractivity contribution >= 4 is 34.6 Å². The Morgan fingerprint density at radius 2 is 2.12 bits per heavy atom. The van der Waals surface area contributed by atoms with E-state index in [1.165, 1.54) is 11.6 Å². The molecule has 26 heavy (non-hydrogen) atoms. The Hall–Kier alpha value is -1.70. The van der Waals surface area contributed by atoms with Gasteiger partial charge in [-0.25, -0.2) is 4.39 Å². The summed E-state index contributed by atoms with van der Waals surface area (Å²) in [7, 11) is 0. The normalized spacial score (nSPS) is 15.8. The number of hydrogen-bond acceptors (Lipinski definition) is 4. The molecule has 140 valence electrons. The average Bonchev–Trinajstić information content (AvgIpc) is 2.81. The maximum atomic E-state index is 13.3. The van der Waals surface area contributed by atoms with Crippen LogP contribution in [0.25, 0.3) is 0 Å². The molecule has 0 saturated carbocycles. The largest absolute Gasteiger partial charge is 0.361 e. The molecule has 5 nitrogen and oxygen atoms in total. The van der Waals surface area contributed by atoms with E-state index in [4.69, 9.17) is 28.3 Å². The minimum absolute atomic E-state index is 0.0827. The van der Waals surface area contributed by atoms with E-state index in [9.17, 15) is 4.39 Å². The van der Waals surface area contributed by atoms with Gasteiger partial charge in [0.05, 0.1) is 10.7 Å². The number of benzene rings is 1. The van der Waals surface area contributed by atoms with E-state index in [2.05, 4.69) is 20.3 Å². The predicted octanol–water partition coefficient (Wildman–Crippen LogP) is 3.99. The summed E-state index contributed by atoms with van der Waals surface area (Å²) < 4.78 is 18.5. The lowest BCUT2D eigenvalue weighted by Gasteiger charge is -2.24. The fourth-order valence-corrected chi connectivity index (χ4v) is 3.54. The number of rotatable bonds is 3. The van der Waals surface area contributed by atoms with Gasteiger partial charge < -0.3 is 14.7 Å². The van der Waals surface area contributed by atoms with Gasteiger partial charge in [-0.15, -0.1) is 0 Å². The summed E-state index contributed by atoms with van der Waals surface area (Å²) in [5.74, 6) is 0.446. The first-order valence-electron chi connectivity index (χ1n) is 8.59. The molecular weight excluding hydrogens is 375 g/mol. The molecule has 1 aliphatic heterocycles. The summed E-state index contributed by atoms with van der Waals surface area (Å²) in [5.41, 5.74) is 2.81. The van der Waals surface area contributed by atoms with Gasteiger partial charge in [-0.2, -0.15) is 0 Å². The Labute approximate surface area is 163 Å². The third-order valence-electron chi connectivity index (χ3n) is 4.61. The lowest BCUT2D eigenvalue weighted by molar-refractivity contribution is 0.275. The second-order valence-corrected chi connectivity index (χ2v) is 7.27. The molecular formula is C18H22ClFN4OS. The molecule has 0 amide bonds. The average molecular weight is 397 g/mol. The number of nitrogens with one attached hydrogen (secondary N) is 1. The Kier molecular flexibility index (Phi) is 6.11. The van der Waals surface area contributed by atoms with Gasteiger partial charge in [-0.1, -0.05) is 16.8 Å². The van der Waals surface area contributed by atoms with E-state index in [1.807, 2.05) is 13.8 Å². The van der Waals surface area contributed by atoms with Crippen molar-refractivity contribution in [2.24, 2.45) is 0 Å². The first-order valence-corrected chi connectivity index (χ1v) is 9.37. The molecule has 0 aliphatic carbocycles. The second-order valence-electron chi connectivity index (χ2n) is 6.48. The van der Waals surface area contributed by atoms with Gasteiger partial charge in [-0.05, 0) is 50.7 Å². The van der Waals surface area contributed by atoms with Crippen molar-refractivity contribution < 1.29 is 8.91 Å². The number of anilines is 1. The molecule has 8 heteroatoms. The van der Waals surface area contributed by atoms with Crippen LogP contribution in [0.15, 0.2) is 22.7 Å². The van der Waals surface area contributed by atoms with Gasteiger partial charge in [-0.3, -0.25) is 4.90 Å². The van der Waals surface area contributed by atoms with E-state index in [1.54, 1.807) is 12.1 Å².